The van der Waals surface area contributed by atoms with Gasteiger partial charge in [-0.3, -0.25) is 19.3 Å². The number of nitrogens with zero attached hydrogens (tertiary/aromatic N) is 3. The Bertz CT molecular complexity index is 1380. The third-order valence-corrected chi connectivity index (χ3v) is 6.12. The second-order valence-electron chi connectivity index (χ2n) is 8.03. The van der Waals surface area contributed by atoms with Crippen molar-refractivity contribution in [3.8, 4) is 0 Å². The minimum Gasteiger partial charge on any atom is -0.467 e. The first kappa shape index (κ1) is 22.5. The van der Waals surface area contributed by atoms with E-state index in [0.717, 1.165) is 10.5 Å². The molecule has 9 nitrogen and oxygen atoms in total. The van der Waals surface area contributed by atoms with Crippen LogP contribution in [0.4, 0.5) is 0 Å². The van der Waals surface area contributed by atoms with E-state index in [4.69, 9.17) is 20.8 Å². The molecule has 2 aromatic carbocycles. The van der Waals surface area contributed by atoms with Crippen LogP contribution < -0.4 is 0 Å². The SMILES string of the molecule is CN1C(=O)c2ccc(C(=O)OCC(=O)N3N=C(c4ccc(Cl)cc4)CC3c3ccco3)cc2C1=O. The van der Waals surface area contributed by atoms with Gasteiger partial charge in [0, 0.05) is 18.5 Å². The summed E-state index contributed by atoms with van der Waals surface area (Å²) >= 11 is 5.98. The van der Waals surface area contributed by atoms with Crippen LogP contribution in [-0.4, -0.2) is 53.0 Å². The molecule has 0 saturated carbocycles. The highest BCUT2D eigenvalue weighted by Gasteiger charge is 2.36. The zero-order valence-electron chi connectivity index (χ0n) is 18.4. The Morgan fingerprint density at radius 2 is 1.83 bits per heavy atom. The number of furan rings is 1. The molecule has 10 heteroatoms. The summed E-state index contributed by atoms with van der Waals surface area (Å²) in [4.78, 5) is 50.8. The van der Waals surface area contributed by atoms with Gasteiger partial charge in [0.15, 0.2) is 6.61 Å². The summed E-state index contributed by atoms with van der Waals surface area (Å²) in [5, 5.41) is 6.30. The molecule has 0 fully saturated rings. The van der Waals surface area contributed by atoms with Gasteiger partial charge in [-0.25, -0.2) is 9.80 Å². The topological polar surface area (TPSA) is 109 Å². The average Bonchev–Trinajstić information content (AvgIpc) is 3.59. The van der Waals surface area contributed by atoms with Gasteiger partial charge in [0.25, 0.3) is 17.7 Å². The molecule has 0 N–H and O–H groups in total. The molecule has 5 rings (SSSR count). The maximum absolute atomic E-state index is 13.0. The summed E-state index contributed by atoms with van der Waals surface area (Å²) in [5.41, 5.74) is 1.86. The molecule has 3 aromatic rings. The van der Waals surface area contributed by atoms with Gasteiger partial charge in [0.2, 0.25) is 0 Å². The summed E-state index contributed by atoms with van der Waals surface area (Å²) in [6.07, 6.45) is 1.92. The number of benzene rings is 2. The summed E-state index contributed by atoms with van der Waals surface area (Å²) in [7, 11) is 1.37. The second kappa shape index (κ2) is 8.84. The van der Waals surface area contributed by atoms with E-state index in [1.54, 1.807) is 24.3 Å². The summed E-state index contributed by atoms with van der Waals surface area (Å²) in [6.45, 7) is -0.572. The highest BCUT2D eigenvalue weighted by Crippen LogP contribution is 2.33. The minimum absolute atomic E-state index is 0.0577. The van der Waals surface area contributed by atoms with Crippen molar-refractivity contribution < 1.29 is 28.3 Å². The maximum Gasteiger partial charge on any atom is 0.338 e. The van der Waals surface area contributed by atoms with E-state index in [0.29, 0.717) is 22.9 Å². The van der Waals surface area contributed by atoms with Crippen LogP contribution in [0.1, 0.15) is 54.9 Å². The quantitative estimate of drug-likeness (QED) is 0.397. The lowest BCUT2D eigenvalue weighted by Crippen LogP contribution is -2.31. The van der Waals surface area contributed by atoms with Crippen molar-refractivity contribution >= 4 is 41.0 Å². The van der Waals surface area contributed by atoms with Crippen molar-refractivity contribution in [3.63, 3.8) is 0 Å². The van der Waals surface area contributed by atoms with Crippen LogP contribution in [0, 0.1) is 0 Å². The van der Waals surface area contributed by atoms with Crippen LogP contribution in [0.2, 0.25) is 5.02 Å². The first-order valence-electron chi connectivity index (χ1n) is 10.7. The molecule has 1 atom stereocenters. The van der Waals surface area contributed by atoms with E-state index in [9.17, 15) is 19.2 Å². The molecule has 0 spiro atoms. The van der Waals surface area contributed by atoms with Crippen molar-refractivity contribution in [2.45, 2.75) is 12.5 Å². The lowest BCUT2D eigenvalue weighted by Gasteiger charge is -2.19. The van der Waals surface area contributed by atoms with Crippen LogP contribution in [0.5, 0.6) is 0 Å². The molecule has 0 aliphatic carbocycles. The molecule has 1 unspecified atom stereocenters. The van der Waals surface area contributed by atoms with Crippen molar-refractivity contribution in [1.82, 2.24) is 9.91 Å². The lowest BCUT2D eigenvalue weighted by molar-refractivity contribution is -0.136. The summed E-state index contributed by atoms with van der Waals surface area (Å²) in [5.74, 6) is -1.74. The zero-order valence-corrected chi connectivity index (χ0v) is 19.2. The monoisotopic (exact) mass is 491 g/mol. The summed E-state index contributed by atoms with van der Waals surface area (Å²) in [6, 6.07) is 14.1. The number of carbonyl (C=O) groups is 4. The number of rotatable bonds is 5. The fourth-order valence-corrected chi connectivity index (χ4v) is 4.15. The normalized spacial score (nSPS) is 17.0. The Labute approximate surface area is 204 Å². The molecular weight excluding hydrogens is 474 g/mol. The number of carbonyl (C=O) groups excluding carboxylic acids is 4. The van der Waals surface area contributed by atoms with Crippen LogP contribution in [-0.2, 0) is 9.53 Å². The van der Waals surface area contributed by atoms with Gasteiger partial charge in [-0.15, -0.1) is 0 Å². The first-order chi connectivity index (χ1) is 16.8. The van der Waals surface area contributed by atoms with Gasteiger partial charge in [-0.1, -0.05) is 23.7 Å². The molecule has 0 radical (unpaired) electrons. The molecule has 2 aliphatic heterocycles. The molecule has 3 heterocycles. The van der Waals surface area contributed by atoms with Crippen molar-refractivity contribution in [2.75, 3.05) is 13.7 Å². The van der Waals surface area contributed by atoms with Crippen LogP contribution in [0.15, 0.2) is 70.4 Å². The smallest absolute Gasteiger partial charge is 0.338 e. The number of hydrazone groups is 1. The molecule has 2 aliphatic rings. The van der Waals surface area contributed by atoms with Crippen molar-refractivity contribution in [2.24, 2.45) is 5.10 Å². The number of imide groups is 1. The van der Waals surface area contributed by atoms with E-state index >= 15 is 0 Å². The zero-order chi connectivity index (χ0) is 24.7. The average molecular weight is 492 g/mol. The van der Waals surface area contributed by atoms with E-state index in [2.05, 4.69) is 5.10 Å². The van der Waals surface area contributed by atoms with Crippen molar-refractivity contribution in [1.29, 1.82) is 0 Å². The van der Waals surface area contributed by atoms with E-state index < -0.39 is 36.3 Å². The number of fused-ring (bicyclic) bond motifs is 1. The van der Waals surface area contributed by atoms with E-state index in [-0.39, 0.29) is 16.7 Å². The van der Waals surface area contributed by atoms with Gasteiger partial charge >= 0.3 is 5.97 Å². The summed E-state index contributed by atoms with van der Waals surface area (Å²) < 4.78 is 10.7. The molecule has 0 bridgehead atoms. The Morgan fingerprint density at radius 3 is 2.54 bits per heavy atom. The molecule has 3 amide bonds. The number of amides is 3. The first-order valence-corrected chi connectivity index (χ1v) is 11.0. The third kappa shape index (κ3) is 4.10. The van der Waals surface area contributed by atoms with Gasteiger partial charge in [-0.2, -0.15) is 5.10 Å². The predicted molar refractivity (Wildman–Crippen MR) is 124 cm³/mol. The number of ether oxygens (including phenoxy) is 1. The second-order valence-corrected chi connectivity index (χ2v) is 8.47. The van der Waals surface area contributed by atoms with E-state index in [1.165, 1.54) is 36.5 Å². The van der Waals surface area contributed by atoms with Gasteiger partial charge < -0.3 is 9.15 Å². The van der Waals surface area contributed by atoms with Gasteiger partial charge in [0.05, 0.1) is 28.7 Å². The minimum atomic E-state index is -0.799. The predicted octanol–water partition coefficient (Wildman–Crippen LogP) is 3.69. The Kier molecular flexibility index (Phi) is 5.70. The fourth-order valence-electron chi connectivity index (χ4n) is 4.02. The number of hydrogen-bond donors (Lipinski definition) is 0. The lowest BCUT2D eigenvalue weighted by atomic mass is 10.0. The largest absolute Gasteiger partial charge is 0.467 e. The third-order valence-electron chi connectivity index (χ3n) is 5.87. The highest BCUT2D eigenvalue weighted by molar-refractivity contribution is 6.30. The molecule has 0 saturated heterocycles. The van der Waals surface area contributed by atoms with E-state index in [1.807, 2.05) is 12.1 Å². The molecular formula is C25H18ClN3O6. The molecule has 35 heavy (non-hydrogen) atoms. The van der Waals surface area contributed by atoms with Gasteiger partial charge in [-0.05, 0) is 48.0 Å². The molecule has 176 valence electrons. The standard InChI is InChI=1S/C25H18ClN3O6/c1-28-23(31)17-9-6-15(11-18(17)24(28)32)25(33)35-13-22(30)29-20(21-3-2-10-34-21)12-19(27-29)14-4-7-16(26)8-5-14/h2-11,20H,12-13H2,1H3. The van der Waals surface area contributed by atoms with Crippen LogP contribution >= 0.6 is 11.6 Å². The number of esters is 1. The van der Waals surface area contributed by atoms with Crippen LogP contribution in [0.25, 0.3) is 0 Å². The van der Waals surface area contributed by atoms with Crippen molar-refractivity contribution in [3.05, 3.63) is 93.9 Å². The Morgan fingerprint density at radius 1 is 1.09 bits per heavy atom. The fraction of sp³-hybridized carbons (Fsp3) is 0.160. The van der Waals surface area contributed by atoms with Crippen LogP contribution in [0.3, 0.4) is 0 Å². The molecule has 1 aromatic heterocycles. The Hall–Kier alpha value is -4.24. The highest BCUT2D eigenvalue weighted by atomic mass is 35.5. The number of hydrogen-bond acceptors (Lipinski definition) is 7. The van der Waals surface area contributed by atoms with Gasteiger partial charge in [0.1, 0.15) is 11.8 Å². The number of halogens is 1. The maximum atomic E-state index is 13.0. The Balaban J connectivity index is 1.32.